The topological polar surface area (TPSA) is 9.23 Å². The fourth-order valence-corrected chi connectivity index (χ4v) is 1.56. The van der Waals surface area contributed by atoms with Gasteiger partial charge in [0.25, 0.3) is 0 Å². The van der Waals surface area contributed by atoms with Gasteiger partial charge in [-0.1, -0.05) is 70.7 Å². The molecule has 0 aliphatic heterocycles. The van der Waals surface area contributed by atoms with Crippen LogP contribution in [0.1, 0.15) is 46.6 Å². The van der Waals surface area contributed by atoms with Crippen LogP contribution in [0.3, 0.4) is 0 Å². The summed E-state index contributed by atoms with van der Waals surface area (Å²) in [6.07, 6.45) is 5.95. The van der Waals surface area contributed by atoms with Crippen LogP contribution < -0.4 is 4.74 Å². The molecule has 21 heavy (non-hydrogen) atoms. The molecular formula is C20H30O. The molecular weight excluding hydrogens is 256 g/mol. The van der Waals surface area contributed by atoms with E-state index in [2.05, 4.69) is 39.1 Å². The molecule has 1 heteroatoms. The number of hydrogen-bond acceptors (Lipinski definition) is 1. The monoisotopic (exact) mass is 286 g/mol. The molecule has 116 valence electrons. The Bertz CT molecular complexity index is 451. The van der Waals surface area contributed by atoms with Crippen molar-refractivity contribution < 1.29 is 4.74 Å². The molecule has 0 fully saturated rings. The maximum absolute atomic E-state index is 5.86. The first-order valence-corrected chi connectivity index (χ1v) is 7.87. The van der Waals surface area contributed by atoms with Crippen molar-refractivity contribution >= 4 is 0 Å². The summed E-state index contributed by atoms with van der Waals surface area (Å²) in [5.74, 6) is 0.883. The van der Waals surface area contributed by atoms with E-state index in [1.807, 2.05) is 45.1 Å². The largest absolute Gasteiger partial charge is 0.486 e. The first-order chi connectivity index (χ1) is 10.1. The summed E-state index contributed by atoms with van der Waals surface area (Å²) in [6, 6.07) is 8.22. The summed E-state index contributed by atoms with van der Waals surface area (Å²) < 4.78 is 5.86. The second-order valence-corrected chi connectivity index (χ2v) is 4.68. The number of rotatable bonds is 7. The molecule has 0 N–H and O–H groups in total. The molecule has 0 aromatic heterocycles. The van der Waals surface area contributed by atoms with Gasteiger partial charge >= 0.3 is 0 Å². The predicted octanol–water partition coefficient (Wildman–Crippen LogP) is 6.12. The number of ether oxygens (including phenoxy) is 1. The van der Waals surface area contributed by atoms with E-state index in [0.29, 0.717) is 0 Å². The van der Waals surface area contributed by atoms with Crippen LogP contribution in [0, 0.1) is 0 Å². The van der Waals surface area contributed by atoms with Gasteiger partial charge in [-0.25, -0.2) is 0 Å². The summed E-state index contributed by atoms with van der Waals surface area (Å²) >= 11 is 0. The SMILES string of the molecule is C=C(/C=C\C(=C)C(C)Oc1ccc(CC)cc1)CC.CC. The van der Waals surface area contributed by atoms with Gasteiger partial charge in [-0.05, 0) is 43.0 Å². The molecule has 0 aliphatic rings. The van der Waals surface area contributed by atoms with Gasteiger partial charge in [0.1, 0.15) is 11.9 Å². The van der Waals surface area contributed by atoms with E-state index in [1.165, 1.54) is 5.56 Å². The summed E-state index contributed by atoms with van der Waals surface area (Å²) in [5.41, 5.74) is 3.37. The van der Waals surface area contributed by atoms with Crippen LogP contribution in [0.4, 0.5) is 0 Å². The molecule has 0 saturated heterocycles. The third-order valence-electron chi connectivity index (χ3n) is 3.15. The molecule has 0 saturated carbocycles. The zero-order chi connectivity index (χ0) is 16.3. The average Bonchev–Trinajstić information content (AvgIpc) is 2.54. The molecule has 1 aromatic rings. The molecule has 0 amide bonds. The van der Waals surface area contributed by atoms with Gasteiger partial charge in [0.2, 0.25) is 0 Å². The fraction of sp³-hybridized carbons (Fsp3) is 0.400. The predicted molar refractivity (Wildman–Crippen MR) is 95.0 cm³/mol. The first kappa shape index (κ1) is 19.2. The maximum atomic E-state index is 5.86. The normalized spacial score (nSPS) is 11.5. The van der Waals surface area contributed by atoms with E-state index < -0.39 is 0 Å². The molecule has 0 spiro atoms. The highest BCUT2D eigenvalue weighted by Gasteiger charge is 2.05. The van der Waals surface area contributed by atoms with Crippen molar-refractivity contribution in [3.05, 3.63) is 66.3 Å². The summed E-state index contributed by atoms with van der Waals surface area (Å²) in [4.78, 5) is 0. The van der Waals surface area contributed by atoms with Crippen molar-refractivity contribution in [1.29, 1.82) is 0 Å². The lowest BCUT2D eigenvalue weighted by Gasteiger charge is -2.15. The van der Waals surface area contributed by atoms with Crippen molar-refractivity contribution in [1.82, 2.24) is 0 Å². The van der Waals surface area contributed by atoms with Gasteiger partial charge in [0, 0.05) is 0 Å². The van der Waals surface area contributed by atoms with Crippen molar-refractivity contribution in [3.8, 4) is 5.75 Å². The Balaban J connectivity index is 0.00000191. The molecule has 0 bridgehead atoms. The van der Waals surface area contributed by atoms with Crippen molar-refractivity contribution in [2.75, 3.05) is 0 Å². The summed E-state index contributed by atoms with van der Waals surface area (Å²) in [6.45, 7) is 18.2. The molecule has 1 aromatic carbocycles. The standard InChI is InChI=1S/C18H24O.C2H6/c1-6-14(3)8-9-15(4)16(5)19-18-12-10-17(7-2)11-13-18;1-2/h8-13,16H,3-4,6-7H2,1-2,5H3;1-2H3/b9-8-;. The fourth-order valence-electron chi connectivity index (χ4n) is 1.56. The van der Waals surface area contributed by atoms with Gasteiger partial charge in [-0.3, -0.25) is 0 Å². The van der Waals surface area contributed by atoms with E-state index in [0.717, 1.165) is 29.7 Å². The van der Waals surface area contributed by atoms with Gasteiger partial charge in [-0.15, -0.1) is 0 Å². The van der Waals surface area contributed by atoms with Crippen LogP contribution in [-0.2, 0) is 6.42 Å². The molecule has 0 heterocycles. The highest BCUT2D eigenvalue weighted by molar-refractivity contribution is 5.30. The lowest BCUT2D eigenvalue weighted by Crippen LogP contribution is -2.13. The van der Waals surface area contributed by atoms with E-state index in [-0.39, 0.29) is 6.10 Å². The van der Waals surface area contributed by atoms with Crippen LogP contribution in [0.5, 0.6) is 5.75 Å². The van der Waals surface area contributed by atoms with Gasteiger partial charge in [0.15, 0.2) is 0 Å². The smallest absolute Gasteiger partial charge is 0.120 e. The highest BCUT2D eigenvalue weighted by Crippen LogP contribution is 2.17. The minimum absolute atomic E-state index is 0.0339. The van der Waals surface area contributed by atoms with Crippen LogP contribution in [0.25, 0.3) is 0 Å². The van der Waals surface area contributed by atoms with Crippen LogP contribution in [-0.4, -0.2) is 6.10 Å². The second kappa shape index (κ2) is 11.0. The number of benzene rings is 1. The zero-order valence-corrected chi connectivity index (χ0v) is 14.3. The Kier molecular flexibility index (Phi) is 10.0. The quantitative estimate of drug-likeness (QED) is 0.548. The van der Waals surface area contributed by atoms with Gasteiger partial charge < -0.3 is 4.74 Å². The number of allylic oxidation sites excluding steroid dienone is 2. The van der Waals surface area contributed by atoms with E-state index in [1.54, 1.807) is 0 Å². The molecule has 1 rings (SSSR count). The third kappa shape index (κ3) is 7.55. The minimum atomic E-state index is -0.0339. The van der Waals surface area contributed by atoms with Crippen LogP contribution in [0.2, 0.25) is 0 Å². The highest BCUT2D eigenvalue weighted by atomic mass is 16.5. The lowest BCUT2D eigenvalue weighted by molar-refractivity contribution is 0.261. The van der Waals surface area contributed by atoms with Crippen molar-refractivity contribution in [3.63, 3.8) is 0 Å². The first-order valence-electron chi connectivity index (χ1n) is 7.87. The Morgan fingerprint density at radius 2 is 1.67 bits per heavy atom. The van der Waals surface area contributed by atoms with Crippen molar-refractivity contribution in [2.45, 2.75) is 53.6 Å². The summed E-state index contributed by atoms with van der Waals surface area (Å²) in [7, 11) is 0. The molecule has 1 atom stereocenters. The zero-order valence-electron chi connectivity index (χ0n) is 14.3. The molecule has 1 nitrogen and oxygen atoms in total. The third-order valence-corrected chi connectivity index (χ3v) is 3.15. The van der Waals surface area contributed by atoms with E-state index in [9.17, 15) is 0 Å². The molecule has 1 unspecified atom stereocenters. The average molecular weight is 286 g/mol. The number of aryl methyl sites for hydroxylation is 1. The Morgan fingerprint density at radius 1 is 1.10 bits per heavy atom. The van der Waals surface area contributed by atoms with Crippen LogP contribution in [0.15, 0.2) is 60.7 Å². The molecule has 0 radical (unpaired) electrons. The van der Waals surface area contributed by atoms with Gasteiger partial charge in [0.05, 0.1) is 0 Å². The second-order valence-electron chi connectivity index (χ2n) is 4.68. The maximum Gasteiger partial charge on any atom is 0.120 e. The molecule has 0 aliphatic carbocycles. The van der Waals surface area contributed by atoms with E-state index >= 15 is 0 Å². The lowest BCUT2D eigenvalue weighted by atomic mass is 10.1. The Morgan fingerprint density at radius 3 is 2.14 bits per heavy atom. The summed E-state index contributed by atoms with van der Waals surface area (Å²) in [5, 5.41) is 0. The Labute approximate surface area is 131 Å². The Hall–Kier alpha value is -1.76. The number of hydrogen-bond donors (Lipinski definition) is 0. The van der Waals surface area contributed by atoms with E-state index in [4.69, 9.17) is 4.74 Å². The van der Waals surface area contributed by atoms with Gasteiger partial charge in [-0.2, -0.15) is 0 Å². The minimum Gasteiger partial charge on any atom is -0.486 e. The van der Waals surface area contributed by atoms with Crippen molar-refractivity contribution in [2.24, 2.45) is 0 Å². The van der Waals surface area contributed by atoms with Crippen LogP contribution >= 0.6 is 0 Å².